The molecule has 2 N–H and O–H groups in total. The molecule has 0 aliphatic heterocycles. The summed E-state index contributed by atoms with van der Waals surface area (Å²) >= 11 is 0. The Labute approximate surface area is 167 Å². The molecule has 1 amide bonds. The molecule has 0 fully saturated rings. The van der Waals surface area contributed by atoms with Crippen LogP contribution in [0.15, 0.2) is 47.6 Å². The maximum absolute atomic E-state index is 12.5. The van der Waals surface area contributed by atoms with Crippen LogP contribution >= 0.6 is 0 Å². The third-order valence-electron chi connectivity index (χ3n) is 4.43. The molecular weight excluding hydrogens is 370 g/mol. The molecular formula is C20H21N7O2. The van der Waals surface area contributed by atoms with Crippen LogP contribution in [-0.2, 0) is 5.54 Å². The molecule has 4 rings (SSSR count). The summed E-state index contributed by atoms with van der Waals surface area (Å²) in [5.41, 5.74) is 2.76. The fourth-order valence-electron chi connectivity index (χ4n) is 2.93. The van der Waals surface area contributed by atoms with Crippen LogP contribution in [0, 0.1) is 6.92 Å². The van der Waals surface area contributed by atoms with Crippen LogP contribution in [0.2, 0.25) is 0 Å². The van der Waals surface area contributed by atoms with Crippen molar-refractivity contribution < 1.29 is 9.32 Å². The molecule has 0 bridgehead atoms. The van der Waals surface area contributed by atoms with Gasteiger partial charge in [0.05, 0.1) is 17.1 Å². The van der Waals surface area contributed by atoms with E-state index in [1.165, 1.54) is 12.6 Å². The van der Waals surface area contributed by atoms with Gasteiger partial charge in [0.1, 0.15) is 18.4 Å². The van der Waals surface area contributed by atoms with Crippen LogP contribution in [0.3, 0.4) is 0 Å². The number of carbonyl (C=O) groups is 1. The van der Waals surface area contributed by atoms with Gasteiger partial charge in [0, 0.05) is 17.3 Å². The summed E-state index contributed by atoms with van der Waals surface area (Å²) in [6.07, 6.45) is 4.65. The molecule has 9 nitrogen and oxygen atoms in total. The lowest BCUT2D eigenvalue weighted by Crippen LogP contribution is -2.23. The molecule has 0 saturated carbocycles. The second-order valence-electron chi connectivity index (χ2n) is 7.68. The molecule has 3 aromatic heterocycles. The van der Waals surface area contributed by atoms with Crippen molar-refractivity contribution in [3.63, 3.8) is 0 Å². The number of aromatic nitrogens is 5. The quantitative estimate of drug-likeness (QED) is 0.543. The number of anilines is 3. The number of nitrogens with zero attached hydrogens (tertiary/aromatic N) is 5. The zero-order valence-electron chi connectivity index (χ0n) is 16.6. The molecule has 1 aromatic carbocycles. The largest absolute Gasteiger partial charge is 0.363 e. The van der Waals surface area contributed by atoms with E-state index in [1.54, 1.807) is 24.4 Å². The average molecular weight is 391 g/mol. The van der Waals surface area contributed by atoms with Crippen molar-refractivity contribution >= 4 is 34.3 Å². The van der Waals surface area contributed by atoms with E-state index < -0.39 is 0 Å². The number of hydrogen-bond acceptors (Lipinski definition) is 7. The number of fused-ring (bicyclic) bond motifs is 1. The topological polar surface area (TPSA) is 111 Å². The lowest BCUT2D eigenvalue weighted by molar-refractivity contribution is 0.102. The van der Waals surface area contributed by atoms with Gasteiger partial charge >= 0.3 is 0 Å². The predicted octanol–water partition coefficient (Wildman–Crippen LogP) is 3.87. The second kappa shape index (κ2) is 7.01. The minimum absolute atomic E-state index is 0.206. The van der Waals surface area contributed by atoms with Crippen LogP contribution in [0.25, 0.3) is 11.0 Å². The Hall–Kier alpha value is -3.75. The first kappa shape index (κ1) is 18.6. The highest BCUT2D eigenvalue weighted by molar-refractivity contribution is 6.04. The Morgan fingerprint density at radius 1 is 1.17 bits per heavy atom. The number of benzene rings is 1. The summed E-state index contributed by atoms with van der Waals surface area (Å²) in [7, 11) is 0. The minimum Gasteiger partial charge on any atom is -0.363 e. The van der Waals surface area contributed by atoms with Crippen LogP contribution in [0.1, 0.15) is 36.7 Å². The lowest BCUT2D eigenvalue weighted by atomic mass is 10.1. The Bertz CT molecular complexity index is 1170. The SMILES string of the molecule is Cc1ccc(C(=O)Nc2ccon2)cc1Nc1ncnc2c1cnn2C(C)(C)C. The van der Waals surface area contributed by atoms with Crippen molar-refractivity contribution in [2.45, 2.75) is 33.2 Å². The van der Waals surface area contributed by atoms with Crippen LogP contribution in [0.4, 0.5) is 17.3 Å². The van der Waals surface area contributed by atoms with E-state index >= 15 is 0 Å². The third kappa shape index (κ3) is 3.66. The highest BCUT2D eigenvalue weighted by Gasteiger charge is 2.20. The van der Waals surface area contributed by atoms with Crippen molar-refractivity contribution in [3.05, 3.63) is 54.2 Å². The molecule has 0 radical (unpaired) electrons. The van der Waals surface area contributed by atoms with E-state index in [0.29, 0.717) is 17.2 Å². The number of nitrogens with one attached hydrogen (secondary N) is 2. The zero-order valence-corrected chi connectivity index (χ0v) is 16.6. The lowest BCUT2D eigenvalue weighted by Gasteiger charge is -2.19. The van der Waals surface area contributed by atoms with E-state index in [2.05, 4.69) is 51.6 Å². The second-order valence-corrected chi connectivity index (χ2v) is 7.68. The van der Waals surface area contributed by atoms with Gasteiger partial charge in [-0.25, -0.2) is 14.6 Å². The van der Waals surface area contributed by atoms with E-state index in [1.807, 2.05) is 17.7 Å². The number of aryl methyl sites for hydroxylation is 1. The first-order valence-corrected chi connectivity index (χ1v) is 9.11. The fraction of sp³-hybridized carbons (Fsp3) is 0.250. The van der Waals surface area contributed by atoms with E-state index in [-0.39, 0.29) is 11.4 Å². The Morgan fingerprint density at radius 3 is 2.72 bits per heavy atom. The molecule has 29 heavy (non-hydrogen) atoms. The number of carbonyl (C=O) groups excluding carboxylic acids is 1. The van der Waals surface area contributed by atoms with Gasteiger partial charge in [-0.3, -0.25) is 4.79 Å². The monoisotopic (exact) mass is 391 g/mol. The van der Waals surface area contributed by atoms with Gasteiger partial charge in [-0.15, -0.1) is 0 Å². The van der Waals surface area contributed by atoms with Crippen LogP contribution < -0.4 is 10.6 Å². The van der Waals surface area contributed by atoms with Crippen molar-refractivity contribution in [2.75, 3.05) is 10.6 Å². The zero-order chi connectivity index (χ0) is 20.6. The molecule has 0 unspecified atom stereocenters. The number of rotatable bonds is 4. The number of amides is 1. The van der Waals surface area contributed by atoms with Gasteiger partial charge in [0.2, 0.25) is 0 Å². The predicted molar refractivity (Wildman–Crippen MR) is 109 cm³/mol. The normalized spacial score (nSPS) is 11.6. The van der Waals surface area contributed by atoms with Crippen LogP contribution in [-0.4, -0.2) is 30.8 Å². The molecule has 4 aromatic rings. The van der Waals surface area contributed by atoms with Crippen molar-refractivity contribution in [3.8, 4) is 0 Å². The summed E-state index contributed by atoms with van der Waals surface area (Å²) in [6.45, 7) is 8.15. The molecule has 0 aliphatic carbocycles. The first-order chi connectivity index (χ1) is 13.8. The molecule has 0 spiro atoms. The van der Waals surface area contributed by atoms with Crippen molar-refractivity contribution in [1.29, 1.82) is 0 Å². The summed E-state index contributed by atoms with van der Waals surface area (Å²) in [6, 6.07) is 6.97. The molecule has 3 heterocycles. The average Bonchev–Trinajstić information content (AvgIpc) is 3.33. The first-order valence-electron chi connectivity index (χ1n) is 9.11. The highest BCUT2D eigenvalue weighted by atomic mass is 16.5. The van der Waals surface area contributed by atoms with Gasteiger partial charge in [-0.2, -0.15) is 5.10 Å². The highest BCUT2D eigenvalue weighted by Crippen LogP contribution is 2.28. The van der Waals surface area contributed by atoms with Gasteiger partial charge in [0.15, 0.2) is 11.5 Å². The summed E-state index contributed by atoms with van der Waals surface area (Å²) in [4.78, 5) is 21.3. The standard InChI is InChI=1S/C20H21N7O2/c1-12-5-6-13(19(28)25-16-7-8-29-26-16)9-15(12)24-17-14-10-23-27(20(2,3)4)18(14)22-11-21-17/h5-11H,1-4H3,(H,21,22,24)(H,25,26,28). The fourth-order valence-corrected chi connectivity index (χ4v) is 2.93. The maximum Gasteiger partial charge on any atom is 0.256 e. The van der Waals surface area contributed by atoms with E-state index in [4.69, 9.17) is 4.52 Å². The molecule has 148 valence electrons. The third-order valence-corrected chi connectivity index (χ3v) is 4.43. The molecule has 0 atom stereocenters. The van der Waals surface area contributed by atoms with Gasteiger partial charge < -0.3 is 15.2 Å². The van der Waals surface area contributed by atoms with Crippen molar-refractivity contribution in [2.24, 2.45) is 0 Å². The summed E-state index contributed by atoms with van der Waals surface area (Å²) < 4.78 is 6.61. The Morgan fingerprint density at radius 2 is 2.00 bits per heavy atom. The Kier molecular flexibility index (Phi) is 4.50. The smallest absolute Gasteiger partial charge is 0.256 e. The summed E-state index contributed by atoms with van der Waals surface area (Å²) in [5, 5.41) is 15.0. The Balaban J connectivity index is 1.66. The van der Waals surface area contributed by atoms with Gasteiger partial charge in [-0.1, -0.05) is 11.2 Å². The minimum atomic E-state index is -0.282. The molecule has 0 saturated heterocycles. The van der Waals surface area contributed by atoms with Gasteiger partial charge in [0.25, 0.3) is 5.91 Å². The van der Waals surface area contributed by atoms with E-state index in [9.17, 15) is 4.79 Å². The van der Waals surface area contributed by atoms with E-state index in [0.717, 1.165) is 22.3 Å². The summed E-state index contributed by atoms with van der Waals surface area (Å²) in [5.74, 6) is 0.704. The number of hydrogen-bond donors (Lipinski definition) is 2. The van der Waals surface area contributed by atoms with Gasteiger partial charge in [-0.05, 0) is 45.4 Å². The maximum atomic E-state index is 12.5. The van der Waals surface area contributed by atoms with Crippen LogP contribution in [0.5, 0.6) is 0 Å². The molecule has 9 heteroatoms. The van der Waals surface area contributed by atoms with Crippen molar-refractivity contribution in [1.82, 2.24) is 24.9 Å². The molecule has 0 aliphatic rings.